The number of nitro benzene ring substituents is 1. The Morgan fingerprint density at radius 3 is 2.28 bits per heavy atom. The summed E-state index contributed by atoms with van der Waals surface area (Å²) in [5, 5.41) is 13.1. The first-order valence-electron chi connectivity index (χ1n) is 8.58. The maximum absolute atomic E-state index is 12.4. The Morgan fingerprint density at radius 2 is 1.69 bits per heavy atom. The second kappa shape index (κ2) is 9.29. The number of nitrogens with zero attached hydrogens (tertiary/aromatic N) is 1. The third kappa shape index (κ3) is 5.86. The molecular formula is C20H19ClN2O6. The number of carbonyl (C=O) groups is 3. The lowest BCUT2D eigenvalue weighted by molar-refractivity contribution is -0.384. The summed E-state index contributed by atoms with van der Waals surface area (Å²) in [6.07, 6.45) is 0. The first-order valence-corrected chi connectivity index (χ1v) is 8.96. The van der Waals surface area contributed by atoms with E-state index >= 15 is 0 Å². The largest absolute Gasteiger partial charge is 0.456 e. The van der Waals surface area contributed by atoms with E-state index < -0.39 is 30.0 Å². The highest BCUT2D eigenvalue weighted by molar-refractivity contribution is 6.31. The van der Waals surface area contributed by atoms with E-state index in [9.17, 15) is 24.5 Å². The zero-order valence-electron chi connectivity index (χ0n) is 16.1. The van der Waals surface area contributed by atoms with Crippen molar-refractivity contribution in [3.63, 3.8) is 0 Å². The molecule has 0 bridgehead atoms. The topological polar surface area (TPSA) is 116 Å². The third-order valence-electron chi connectivity index (χ3n) is 4.07. The number of aryl methyl sites for hydroxylation is 3. The van der Waals surface area contributed by atoms with Crippen molar-refractivity contribution < 1.29 is 24.0 Å². The standard InChI is InChI=1S/C20H19ClN2O6/c1-11-4-12(2)19(13(3)5-11)17(24)10-29-18(25)9-22-20(26)14-6-15(21)8-16(7-14)23(27)28/h4-8H,9-10H2,1-3H3,(H,22,26). The van der Waals surface area contributed by atoms with Crippen LogP contribution in [0.5, 0.6) is 0 Å². The molecule has 0 heterocycles. The van der Waals surface area contributed by atoms with Gasteiger partial charge in [-0.25, -0.2) is 0 Å². The number of nitro groups is 1. The van der Waals surface area contributed by atoms with Gasteiger partial charge < -0.3 is 10.1 Å². The second-order valence-electron chi connectivity index (χ2n) is 6.50. The summed E-state index contributed by atoms with van der Waals surface area (Å²) in [5.41, 5.74) is 2.69. The quantitative estimate of drug-likeness (QED) is 0.319. The van der Waals surface area contributed by atoms with Gasteiger partial charge in [-0.1, -0.05) is 29.3 Å². The Balaban J connectivity index is 1.93. The minimum Gasteiger partial charge on any atom is -0.456 e. The number of amides is 1. The minimum atomic E-state index is -0.814. The molecule has 0 unspecified atom stereocenters. The molecule has 1 N–H and O–H groups in total. The van der Waals surface area contributed by atoms with Crippen LogP contribution in [0.3, 0.4) is 0 Å². The van der Waals surface area contributed by atoms with Gasteiger partial charge in [-0.15, -0.1) is 0 Å². The van der Waals surface area contributed by atoms with Crippen LogP contribution in [0.15, 0.2) is 30.3 Å². The van der Waals surface area contributed by atoms with Gasteiger partial charge in [0.05, 0.1) is 4.92 Å². The van der Waals surface area contributed by atoms with Crippen molar-refractivity contribution in [1.82, 2.24) is 5.32 Å². The van der Waals surface area contributed by atoms with Gasteiger partial charge in [0.2, 0.25) is 5.78 Å². The van der Waals surface area contributed by atoms with Gasteiger partial charge in [0.25, 0.3) is 11.6 Å². The molecule has 29 heavy (non-hydrogen) atoms. The number of rotatable bonds is 7. The predicted molar refractivity (Wildman–Crippen MR) is 106 cm³/mol. The zero-order valence-corrected chi connectivity index (χ0v) is 16.8. The second-order valence-corrected chi connectivity index (χ2v) is 6.93. The van der Waals surface area contributed by atoms with E-state index in [1.165, 1.54) is 6.07 Å². The summed E-state index contributed by atoms with van der Waals surface area (Å²) in [5.74, 6) is -1.89. The Bertz CT molecular complexity index is 979. The van der Waals surface area contributed by atoms with E-state index in [0.717, 1.165) is 28.8 Å². The summed E-state index contributed by atoms with van der Waals surface area (Å²) < 4.78 is 4.93. The monoisotopic (exact) mass is 418 g/mol. The van der Waals surface area contributed by atoms with Crippen LogP contribution in [-0.2, 0) is 9.53 Å². The molecule has 8 nitrogen and oxygen atoms in total. The number of non-ortho nitro benzene ring substituents is 1. The lowest BCUT2D eigenvalue weighted by Gasteiger charge is -2.11. The van der Waals surface area contributed by atoms with E-state index in [2.05, 4.69) is 5.32 Å². The van der Waals surface area contributed by atoms with Crippen molar-refractivity contribution in [1.29, 1.82) is 0 Å². The molecule has 0 atom stereocenters. The van der Waals surface area contributed by atoms with Crippen molar-refractivity contribution in [2.24, 2.45) is 0 Å². The van der Waals surface area contributed by atoms with E-state index in [1.807, 2.05) is 19.1 Å². The molecule has 0 aromatic heterocycles. The average molecular weight is 419 g/mol. The van der Waals surface area contributed by atoms with Crippen LogP contribution in [0.1, 0.15) is 37.4 Å². The Morgan fingerprint density at radius 1 is 1.07 bits per heavy atom. The molecule has 0 radical (unpaired) electrons. The van der Waals surface area contributed by atoms with Crippen LogP contribution in [0.4, 0.5) is 5.69 Å². The van der Waals surface area contributed by atoms with Gasteiger partial charge in [0.1, 0.15) is 6.54 Å². The van der Waals surface area contributed by atoms with Crippen molar-refractivity contribution in [3.05, 3.63) is 73.3 Å². The molecular weight excluding hydrogens is 400 g/mol. The SMILES string of the molecule is Cc1cc(C)c(C(=O)COC(=O)CNC(=O)c2cc(Cl)cc([N+](=O)[O-])c2)c(C)c1. The van der Waals surface area contributed by atoms with Gasteiger partial charge in [-0.2, -0.15) is 0 Å². The number of ether oxygens (including phenoxy) is 1. The molecule has 0 saturated carbocycles. The molecule has 9 heteroatoms. The third-order valence-corrected chi connectivity index (χ3v) is 4.29. The summed E-state index contributed by atoms with van der Waals surface area (Å²) in [6.45, 7) is 4.57. The van der Waals surface area contributed by atoms with E-state index in [-0.39, 0.29) is 22.1 Å². The molecule has 0 spiro atoms. The number of Topliss-reactive ketones (excluding diaryl/α,β-unsaturated/α-hetero) is 1. The lowest BCUT2D eigenvalue weighted by atomic mass is 9.97. The van der Waals surface area contributed by atoms with Crippen LogP contribution in [0, 0.1) is 30.9 Å². The summed E-state index contributed by atoms with van der Waals surface area (Å²) in [6, 6.07) is 7.12. The van der Waals surface area contributed by atoms with Gasteiger partial charge in [0, 0.05) is 28.3 Å². The molecule has 2 aromatic rings. The van der Waals surface area contributed by atoms with Crippen LogP contribution < -0.4 is 5.32 Å². The summed E-state index contributed by atoms with van der Waals surface area (Å²) in [4.78, 5) is 46.5. The van der Waals surface area contributed by atoms with Crippen molar-refractivity contribution in [2.45, 2.75) is 20.8 Å². The van der Waals surface area contributed by atoms with Crippen LogP contribution in [0.2, 0.25) is 5.02 Å². The van der Waals surface area contributed by atoms with Gasteiger partial charge in [0.15, 0.2) is 6.61 Å². The highest BCUT2D eigenvalue weighted by Crippen LogP contribution is 2.21. The van der Waals surface area contributed by atoms with Gasteiger partial charge in [-0.3, -0.25) is 24.5 Å². The molecule has 1 amide bonds. The number of nitrogens with one attached hydrogen (secondary N) is 1. The normalized spacial score (nSPS) is 10.3. The smallest absolute Gasteiger partial charge is 0.325 e. The number of halogens is 1. The zero-order chi connectivity index (χ0) is 21.7. The highest BCUT2D eigenvalue weighted by atomic mass is 35.5. The fourth-order valence-corrected chi connectivity index (χ4v) is 3.18. The predicted octanol–water partition coefficient (Wildman–Crippen LogP) is 3.33. The van der Waals surface area contributed by atoms with Crippen LogP contribution in [0.25, 0.3) is 0 Å². The average Bonchev–Trinajstić information content (AvgIpc) is 2.62. The number of esters is 1. The molecule has 2 aromatic carbocycles. The van der Waals surface area contributed by atoms with Crippen molar-refractivity contribution in [3.8, 4) is 0 Å². The van der Waals surface area contributed by atoms with E-state index in [4.69, 9.17) is 16.3 Å². The molecule has 0 aliphatic rings. The molecule has 152 valence electrons. The maximum Gasteiger partial charge on any atom is 0.325 e. The number of benzene rings is 2. The Hall–Kier alpha value is -3.26. The molecule has 0 aliphatic carbocycles. The Kier molecular flexibility index (Phi) is 7.06. The fraction of sp³-hybridized carbons (Fsp3) is 0.250. The number of hydrogen-bond acceptors (Lipinski definition) is 6. The molecule has 0 fully saturated rings. The summed E-state index contributed by atoms with van der Waals surface area (Å²) in [7, 11) is 0. The fourth-order valence-electron chi connectivity index (χ4n) is 2.95. The molecule has 0 aliphatic heterocycles. The van der Waals surface area contributed by atoms with Crippen molar-refractivity contribution in [2.75, 3.05) is 13.2 Å². The number of hydrogen-bond donors (Lipinski definition) is 1. The van der Waals surface area contributed by atoms with Gasteiger partial charge >= 0.3 is 5.97 Å². The van der Waals surface area contributed by atoms with Crippen molar-refractivity contribution >= 4 is 34.9 Å². The minimum absolute atomic E-state index is 0.0151. The number of carbonyl (C=O) groups excluding carboxylic acids is 3. The Labute approximate surface area is 172 Å². The maximum atomic E-state index is 12.4. The summed E-state index contributed by atoms with van der Waals surface area (Å²) >= 11 is 5.77. The van der Waals surface area contributed by atoms with E-state index in [1.54, 1.807) is 13.8 Å². The van der Waals surface area contributed by atoms with E-state index in [0.29, 0.717) is 5.56 Å². The highest BCUT2D eigenvalue weighted by Gasteiger charge is 2.17. The first kappa shape index (κ1) is 22.0. The van der Waals surface area contributed by atoms with Gasteiger partial charge in [-0.05, 0) is 38.0 Å². The first-order chi connectivity index (χ1) is 13.6. The molecule has 2 rings (SSSR count). The number of ketones is 1. The van der Waals surface area contributed by atoms with Crippen LogP contribution >= 0.6 is 11.6 Å². The molecule has 0 saturated heterocycles. The van der Waals surface area contributed by atoms with Crippen LogP contribution in [-0.4, -0.2) is 35.7 Å². The lowest BCUT2D eigenvalue weighted by Crippen LogP contribution is -2.31.